The molecule has 0 aliphatic heterocycles. The van der Waals surface area contributed by atoms with Crippen LogP contribution < -0.4 is 14.9 Å². The number of methoxy groups -OCH3 is 1. The van der Waals surface area contributed by atoms with E-state index in [1.807, 2.05) is 0 Å². The van der Waals surface area contributed by atoms with Gasteiger partial charge in [0.1, 0.15) is 5.75 Å². The zero-order chi connectivity index (χ0) is 7.56. The lowest BCUT2D eigenvalue weighted by atomic mass is 10.3. The maximum Gasteiger partial charge on any atom is 0.118 e. The summed E-state index contributed by atoms with van der Waals surface area (Å²) in [6.45, 7) is 0. The standard InChI is InChI=1S/C7H8O3/c1-10-5-2-3-6(8)7(9)4-5/h2-4,8-9H,1H3/p-2. The van der Waals surface area contributed by atoms with Crippen LogP contribution in [0, 0.1) is 0 Å². The van der Waals surface area contributed by atoms with E-state index in [1.165, 1.54) is 25.3 Å². The van der Waals surface area contributed by atoms with E-state index < -0.39 is 11.5 Å². The fourth-order valence-electron chi connectivity index (χ4n) is 0.615. The van der Waals surface area contributed by atoms with E-state index >= 15 is 0 Å². The fraction of sp³-hybridized carbons (Fsp3) is 0.143. The number of rotatable bonds is 1. The van der Waals surface area contributed by atoms with Gasteiger partial charge in [0.15, 0.2) is 0 Å². The predicted molar refractivity (Wildman–Crippen MR) is 31.9 cm³/mol. The Labute approximate surface area is 58.5 Å². The summed E-state index contributed by atoms with van der Waals surface area (Å²) < 4.78 is 4.71. The Hall–Kier alpha value is -1.38. The van der Waals surface area contributed by atoms with Crippen LogP contribution in [0.3, 0.4) is 0 Å². The number of ether oxygens (including phenoxy) is 1. The van der Waals surface area contributed by atoms with Crippen molar-refractivity contribution in [1.29, 1.82) is 0 Å². The molecule has 0 fully saturated rings. The fourth-order valence-corrected chi connectivity index (χ4v) is 0.615. The summed E-state index contributed by atoms with van der Waals surface area (Å²) in [6.07, 6.45) is 0. The van der Waals surface area contributed by atoms with Gasteiger partial charge >= 0.3 is 0 Å². The molecule has 0 saturated carbocycles. The van der Waals surface area contributed by atoms with Crippen LogP contribution in [0.15, 0.2) is 18.2 Å². The SMILES string of the molecule is COc1ccc([O-])c([O-])c1. The molecule has 3 nitrogen and oxygen atoms in total. The van der Waals surface area contributed by atoms with Crippen molar-refractivity contribution in [3.05, 3.63) is 18.2 Å². The highest BCUT2D eigenvalue weighted by Gasteiger charge is 1.86. The van der Waals surface area contributed by atoms with E-state index in [9.17, 15) is 10.2 Å². The van der Waals surface area contributed by atoms with Crippen molar-refractivity contribution in [3.63, 3.8) is 0 Å². The monoisotopic (exact) mass is 138 g/mol. The molecule has 1 aromatic rings. The van der Waals surface area contributed by atoms with Gasteiger partial charge in [-0.25, -0.2) is 0 Å². The Kier molecular flexibility index (Phi) is 1.67. The lowest BCUT2D eigenvalue weighted by molar-refractivity contribution is -0.317. The highest BCUT2D eigenvalue weighted by atomic mass is 16.5. The van der Waals surface area contributed by atoms with E-state index in [1.54, 1.807) is 0 Å². The van der Waals surface area contributed by atoms with Crippen molar-refractivity contribution in [2.24, 2.45) is 0 Å². The predicted octanol–water partition coefficient (Wildman–Crippen LogP) is -0.158. The average Bonchev–Trinajstić information content (AvgIpc) is 1.95. The van der Waals surface area contributed by atoms with Crippen molar-refractivity contribution >= 4 is 0 Å². The second kappa shape index (κ2) is 2.47. The smallest absolute Gasteiger partial charge is 0.118 e. The molecule has 0 atom stereocenters. The topological polar surface area (TPSA) is 55.3 Å². The van der Waals surface area contributed by atoms with Crippen molar-refractivity contribution in [2.45, 2.75) is 0 Å². The summed E-state index contributed by atoms with van der Waals surface area (Å²) in [7, 11) is 1.44. The first-order chi connectivity index (χ1) is 4.74. The molecule has 10 heavy (non-hydrogen) atoms. The van der Waals surface area contributed by atoms with Crippen LogP contribution in [0.25, 0.3) is 0 Å². The van der Waals surface area contributed by atoms with Crippen LogP contribution in [-0.2, 0) is 0 Å². The van der Waals surface area contributed by atoms with Gasteiger partial charge in [-0.3, -0.25) is 0 Å². The van der Waals surface area contributed by atoms with E-state index in [-0.39, 0.29) is 0 Å². The van der Waals surface area contributed by atoms with Crippen molar-refractivity contribution in [3.8, 4) is 17.2 Å². The Morgan fingerprint density at radius 3 is 2.40 bits per heavy atom. The molecule has 1 rings (SSSR count). The minimum atomic E-state index is -0.528. The summed E-state index contributed by atoms with van der Waals surface area (Å²) in [5.74, 6) is -0.607. The van der Waals surface area contributed by atoms with Gasteiger partial charge in [0.25, 0.3) is 0 Å². The minimum absolute atomic E-state index is 0.421. The number of hydrogen-bond donors (Lipinski definition) is 0. The first-order valence-electron chi connectivity index (χ1n) is 2.76. The summed E-state index contributed by atoms with van der Waals surface area (Å²) >= 11 is 0. The van der Waals surface area contributed by atoms with Crippen molar-refractivity contribution < 1.29 is 14.9 Å². The Bertz CT molecular complexity index is 232. The maximum absolute atomic E-state index is 10.6. The van der Waals surface area contributed by atoms with Gasteiger partial charge in [0.2, 0.25) is 0 Å². The first-order valence-corrected chi connectivity index (χ1v) is 2.76. The Morgan fingerprint density at radius 1 is 1.20 bits per heavy atom. The van der Waals surface area contributed by atoms with Crippen LogP contribution in [-0.4, -0.2) is 7.11 Å². The molecule has 54 valence electrons. The molecule has 0 unspecified atom stereocenters. The summed E-state index contributed by atoms with van der Waals surface area (Å²) in [5.41, 5.74) is 0. The Balaban J connectivity index is 3.04. The second-order valence-electron chi connectivity index (χ2n) is 1.81. The van der Waals surface area contributed by atoms with Crippen LogP contribution in [0.5, 0.6) is 17.2 Å². The van der Waals surface area contributed by atoms with Crippen molar-refractivity contribution in [1.82, 2.24) is 0 Å². The molecule has 0 aliphatic rings. The van der Waals surface area contributed by atoms with Gasteiger partial charge in [-0.05, 0) is 12.1 Å². The Morgan fingerprint density at radius 2 is 1.90 bits per heavy atom. The second-order valence-corrected chi connectivity index (χ2v) is 1.81. The van der Waals surface area contributed by atoms with Crippen molar-refractivity contribution in [2.75, 3.05) is 7.11 Å². The highest BCUT2D eigenvalue weighted by molar-refractivity contribution is 5.41. The lowest BCUT2D eigenvalue weighted by Gasteiger charge is -2.17. The van der Waals surface area contributed by atoms with Crippen LogP contribution in [0.2, 0.25) is 0 Å². The molecule has 0 radical (unpaired) electrons. The highest BCUT2D eigenvalue weighted by Crippen LogP contribution is 2.23. The molecule has 0 aliphatic carbocycles. The lowest BCUT2D eigenvalue weighted by Crippen LogP contribution is -1.98. The van der Waals surface area contributed by atoms with Gasteiger partial charge in [0, 0.05) is 0 Å². The normalized spacial score (nSPS) is 9.30. The quantitative estimate of drug-likeness (QED) is 0.542. The summed E-state index contributed by atoms with van der Waals surface area (Å²) in [5, 5.41) is 21.1. The number of hydrogen-bond acceptors (Lipinski definition) is 3. The molecule has 0 saturated heterocycles. The number of benzene rings is 1. The minimum Gasteiger partial charge on any atom is -0.873 e. The molecule has 0 spiro atoms. The maximum atomic E-state index is 10.6. The molecule has 0 aromatic heterocycles. The van der Waals surface area contributed by atoms with Crippen LogP contribution in [0.4, 0.5) is 0 Å². The van der Waals surface area contributed by atoms with E-state index in [0.29, 0.717) is 5.75 Å². The third kappa shape index (κ3) is 1.13. The molecular formula is C7H6O3-2. The zero-order valence-corrected chi connectivity index (χ0v) is 5.46. The largest absolute Gasteiger partial charge is 0.873 e. The summed E-state index contributed by atoms with van der Waals surface area (Å²) in [6, 6.07) is 3.83. The van der Waals surface area contributed by atoms with E-state index in [0.717, 1.165) is 0 Å². The molecule has 0 amide bonds. The summed E-state index contributed by atoms with van der Waals surface area (Å²) in [4.78, 5) is 0. The van der Waals surface area contributed by atoms with E-state index in [4.69, 9.17) is 4.74 Å². The first kappa shape index (κ1) is 6.74. The molecule has 0 N–H and O–H groups in total. The van der Waals surface area contributed by atoms with Crippen LogP contribution >= 0.6 is 0 Å². The molecule has 1 aromatic carbocycles. The van der Waals surface area contributed by atoms with Gasteiger partial charge < -0.3 is 14.9 Å². The average molecular weight is 138 g/mol. The zero-order valence-electron chi connectivity index (χ0n) is 5.46. The van der Waals surface area contributed by atoms with E-state index in [2.05, 4.69) is 0 Å². The van der Waals surface area contributed by atoms with Crippen LogP contribution in [0.1, 0.15) is 0 Å². The van der Waals surface area contributed by atoms with Gasteiger partial charge in [0.05, 0.1) is 7.11 Å². The molecule has 3 heteroatoms. The molecule has 0 bridgehead atoms. The van der Waals surface area contributed by atoms with Gasteiger partial charge in [-0.15, -0.1) is 11.5 Å². The molecule has 0 heterocycles. The molecular weight excluding hydrogens is 132 g/mol. The van der Waals surface area contributed by atoms with Gasteiger partial charge in [-0.2, -0.15) is 0 Å². The third-order valence-corrected chi connectivity index (χ3v) is 1.15. The van der Waals surface area contributed by atoms with Gasteiger partial charge in [-0.1, -0.05) is 6.07 Å². The third-order valence-electron chi connectivity index (χ3n) is 1.15.